The van der Waals surface area contributed by atoms with Crippen LogP contribution in [0.2, 0.25) is 0 Å². The Hall–Kier alpha value is -3.61. The number of ether oxygens (including phenoxy) is 2. The number of benzene rings is 2. The number of anilines is 1. The number of pyridine rings is 1. The lowest BCUT2D eigenvalue weighted by Gasteiger charge is -2.39. The molecule has 1 aromatic heterocycles. The second-order valence-corrected chi connectivity index (χ2v) is 7.93. The molecule has 1 unspecified atom stereocenters. The van der Waals surface area contributed by atoms with Gasteiger partial charge in [0.1, 0.15) is 11.9 Å². The maximum Gasteiger partial charge on any atom is 0.228 e. The molecule has 3 aromatic rings. The zero-order valence-corrected chi connectivity index (χ0v) is 17.2. The maximum absolute atomic E-state index is 12.9. The van der Waals surface area contributed by atoms with Gasteiger partial charge in [-0.25, -0.2) is 4.98 Å². The van der Waals surface area contributed by atoms with Crippen molar-refractivity contribution in [2.75, 3.05) is 31.6 Å². The molecule has 31 heavy (non-hydrogen) atoms. The summed E-state index contributed by atoms with van der Waals surface area (Å²) >= 11 is 0. The first kappa shape index (κ1) is 19.4. The molecule has 0 spiro atoms. The number of fused-ring (bicyclic) bond motifs is 1. The molecule has 2 aliphatic rings. The molecule has 5 rings (SSSR count). The number of methoxy groups -OCH3 is 1. The first-order valence-electron chi connectivity index (χ1n) is 10.4. The summed E-state index contributed by atoms with van der Waals surface area (Å²) in [5, 5.41) is 1.06. The van der Waals surface area contributed by atoms with Crippen LogP contribution >= 0.6 is 0 Å². The molecule has 7 nitrogen and oxygen atoms in total. The van der Waals surface area contributed by atoms with E-state index in [9.17, 15) is 9.59 Å². The summed E-state index contributed by atoms with van der Waals surface area (Å²) in [7, 11) is 1.59. The van der Waals surface area contributed by atoms with Gasteiger partial charge in [0.25, 0.3) is 0 Å². The number of nitrogens with zero attached hydrogens (tertiary/aromatic N) is 3. The smallest absolute Gasteiger partial charge is 0.228 e. The maximum atomic E-state index is 12.9. The monoisotopic (exact) mass is 417 g/mol. The number of carbonyl (C=O) groups is 2. The predicted octanol–water partition coefficient (Wildman–Crippen LogP) is 2.89. The molecule has 2 amide bonds. The van der Waals surface area contributed by atoms with Crippen LogP contribution in [0.3, 0.4) is 0 Å². The van der Waals surface area contributed by atoms with E-state index in [-0.39, 0.29) is 30.3 Å². The van der Waals surface area contributed by atoms with Crippen LogP contribution in [0, 0.1) is 5.92 Å². The summed E-state index contributed by atoms with van der Waals surface area (Å²) < 4.78 is 11.2. The fourth-order valence-electron chi connectivity index (χ4n) is 4.14. The zero-order valence-electron chi connectivity index (χ0n) is 17.2. The van der Waals surface area contributed by atoms with Gasteiger partial charge in [-0.3, -0.25) is 9.59 Å². The Morgan fingerprint density at radius 1 is 1.03 bits per heavy atom. The van der Waals surface area contributed by atoms with Gasteiger partial charge in [-0.1, -0.05) is 24.3 Å². The molecular weight excluding hydrogens is 394 g/mol. The largest absolute Gasteiger partial charge is 0.497 e. The summed E-state index contributed by atoms with van der Waals surface area (Å²) in [5.74, 6) is 0.880. The van der Waals surface area contributed by atoms with E-state index in [1.807, 2.05) is 60.7 Å². The number of hydrogen-bond donors (Lipinski definition) is 0. The van der Waals surface area contributed by atoms with Crippen LogP contribution in [0.5, 0.6) is 11.6 Å². The molecule has 0 aliphatic carbocycles. The van der Waals surface area contributed by atoms with Crippen molar-refractivity contribution in [3.05, 3.63) is 60.7 Å². The predicted molar refractivity (Wildman–Crippen MR) is 116 cm³/mol. The third-order valence-corrected chi connectivity index (χ3v) is 5.86. The summed E-state index contributed by atoms with van der Waals surface area (Å²) in [6.07, 6.45) is 0.147. The number of para-hydroxylation sites is 1. The average Bonchev–Trinajstić information content (AvgIpc) is 3.17. The highest BCUT2D eigenvalue weighted by atomic mass is 16.5. The van der Waals surface area contributed by atoms with E-state index in [2.05, 4.69) is 4.98 Å². The van der Waals surface area contributed by atoms with Gasteiger partial charge in [0, 0.05) is 36.2 Å². The lowest BCUT2D eigenvalue weighted by Crippen LogP contribution is -2.57. The number of hydrogen-bond acceptors (Lipinski definition) is 5. The Morgan fingerprint density at radius 2 is 1.87 bits per heavy atom. The highest BCUT2D eigenvalue weighted by molar-refractivity contribution is 6.00. The molecule has 2 fully saturated rings. The second-order valence-electron chi connectivity index (χ2n) is 7.93. The van der Waals surface area contributed by atoms with E-state index in [0.717, 1.165) is 16.6 Å². The van der Waals surface area contributed by atoms with Crippen LogP contribution < -0.4 is 14.4 Å². The number of rotatable bonds is 5. The van der Waals surface area contributed by atoms with Crippen LogP contribution in [0.15, 0.2) is 60.7 Å². The first-order valence-corrected chi connectivity index (χ1v) is 10.4. The molecular formula is C24H23N3O4. The minimum absolute atomic E-state index is 0.00469. The molecule has 0 bridgehead atoms. The quantitative estimate of drug-likeness (QED) is 0.638. The SMILES string of the molecule is COc1cccc(N2CC(C(=O)N3CC(Oc4ccc5ccccc5n4)C3)CC2=O)c1. The van der Waals surface area contributed by atoms with Crippen molar-refractivity contribution >= 4 is 28.4 Å². The van der Waals surface area contributed by atoms with E-state index >= 15 is 0 Å². The van der Waals surface area contributed by atoms with E-state index in [1.165, 1.54) is 0 Å². The lowest BCUT2D eigenvalue weighted by molar-refractivity contribution is -0.144. The van der Waals surface area contributed by atoms with E-state index in [1.54, 1.807) is 16.9 Å². The van der Waals surface area contributed by atoms with Crippen molar-refractivity contribution in [2.45, 2.75) is 12.5 Å². The Kier molecular flexibility index (Phi) is 4.94. The normalized spacial score (nSPS) is 18.9. The van der Waals surface area contributed by atoms with E-state index < -0.39 is 0 Å². The standard InChI is InChI=1S/C24H23N3O4/c1-30-19-7-4-6-18(12-19)27-13-17(11-23(27)28)24(29)26-14-20(15-26)31-22-10-9-16-5-2-3-8-21(16)25-22/h2-10,12,17,20H,11,13-15H2,1H3. The van der Waals surface area contributed by atoms with Crippen LogP contribution in [-0.2, 0) is 9.59 Å². The van der Waals surface area contributed by atoms with Gasteiger partial charge in [-0.05, 0) is 24.3 Å². The molecule has 0 radical (unpaired) electrons. The zero-order chi connectivity index (χ0) is 21.4. The molecule has 1 atom stereocenters. The van der Waals surface area contributed by atoms with Crippen LogP contribution in [-0.4, -0.2) is 54.5 Å². The van der Waals surface area contributed by atoms with Crippen molar-refractivity contribution in [1.29, 1.82) is 0 Å². The fourth-order valence-corrected chi connectivity index (χ4v) is 4.14. The van der Waals surface area contributed by atoms with Crippen molar-refractivity contribution < 1.29 is 19.1 Å². The third-order valence-electron chi connectivity index (χ3n) is 5.86. The number of aromatic nitrogens is 1. The minimum Gasteiger partial charge on any atom is -0.497 e. The van der Waals surface area contributed by atoms with Gasteiger partial charge in [0.2, 0.25) is 17.7 Å². The average molecular weight is 417 g/mol. The molecule has 2 aliphatic heterocycles. The minimum atomic E-state index is -0.335. The van der Waals surface area contributed by atoms with Crippen LogP contribution in [0.25, 0.3) is 10.9 Å². The fraction of sp³-hybridized carbons (Fsp3) is 0.292. The van der Waals surface area contributed by atoms with Gasteiger partial charge in [0.15, 0.2) is 0 Å². The first-order chi connectivity index (χ1) is 15.1. The molecule has 158 valence electrons. The van der Waals surface area contributed by atoms with E-state index in [4.69, 9.17) is 9.47 Å². The Labute approximate surface area is 180 Å². The summed E-state index contributed by atoms with van der Waals surface area (Å²) in [6, 6.07) is 19.1. The summed E-state index contributed by atoms with van der Waals surface area (Å²) in [4.78, 5) is 33.4. The van der Waals surface area contributed by atoms with E-state index in [0.29, 0.717) is 31.3 Å². The number of amides is 2. The molecule has 0 saturated carbocycles. The van der Waals surface area contributed by atoms with Crippen molar-refractivity contribution in [3.8, 4) is 11.6 Å². The Morgan fingerprint density at radius 3 is 2.71 bits per heavy atom. The van der Waals surface area contributed by atoms with Crippen LogP contribution in [0.4, 0.5) is 5.69 Å². The van der Waals surface area contributed by atoms with Gasteiger partial charge >= 0.3 is 0 Å². The summed E-state index contributed by atoms with van der Waals surface area (Å²) in [6.45, 7) is 1.41. The van der Waals surface area contributed by atoms with Crippen molar-refractivity contribution in [2.24, 2.45) is 5.92 Å². The van der Waals surface area contributed by atoms with Crippen molar-refractivity contribution in [1.82, 2.24) is 9.88 Å². The molecule has 3 heterocycles. The van der Waals surface area contributed by atoms with Gasteiger partial charge in [-0.15, -0.1) is 0 Å². The third kappa shape index (κ3) is 3.79. The highest BCUT2D eigenvalue weighted by Gasteiger charge is 2.41. The Bertz CT molecular complexity index is 1140. The van der Waals surface area contributed by atoms with Gasteiger partial charge in [-0.2, -0.15) is 0 Å². The molecule has 2 saturated heterocycles. The van der Waals surface area contributed by atoms with Gasteiger partial charge < -0.3 is 19.3 Å². The summed E-state index contributed by atoms with van der Waals surface area (Å²) in [5.41, 5.74) is 1.64. The second kappa shape index (κ2) is 7.91. The van der Waals surface area contributed by atoms with Crippen LogP contribution in [0.1, 0.15) is 6.42 Å². The molecule has 2 aromatic carbocycles. The van der Waals surface area contributed by atoms with Crippen molar-refractivity contribution in [3.63, 3.8) is 0 Å². The number of likely N-dealkylation sites (tertiary alicyclic amines) is 1. The topological polar surface area (TPSA) is 72.0 Å². The molecule has 7 heteroatoms. The highest BCUT2D eigenvalue weighted by Crippen LogP contribution is 2.30. The molecule has 0 N–H and O–H groups in total. The Balaban J connectivity index is 1.18. The number of carbonyl (C=O) groups excluding carboxylic acids is 2. The lowest BCUT2D eigenvalue weighted by atomic mass is 10.0. The van der Waals surface area contributed by atoms with Gasteiger partial charge in [0.05, 0.1) is 31.6 Å².